The van der Waals surface area contributed by atoms with E-state index in [2.05, 4.69) is 22.8 Å². The molecular formula is C17H19FN2O. The Bertz CT molecular complexity index is 615. The van der Waals surface area contributed by atoms with Crippen LogP contribution in [0.1, 0.15) is 11.1 Å². The second kappa shape index (κ2) is 6.59. The van der Waals surface area contributed by atoms with Crippen LogP contribution in [-0.4, -0.2) is 19.7 Å². The summed E-state index contributed by atoms with van der Waals surface area (Å²) in [5, 5.41) is 6.61. The third-order valence-electron chi connectivity index (χ3n) is 3.58. The van der Waals surface area contributed by atoms with Crippen LogP contribution < -0.4 is 15.4 Å². The van der Waals surface area contributed by atoms with E-state index < -0.39 is 0 Å². The Hall–Kier alpha value is -2.07. The zero-order valence-corrected chi connectivity index (χ0v) is 11.9. The molecule has 3 rings (SSSR count). The van der Waals surface area contributed by atoms with Gasteiger partial charge in [-0.3, -0.25) is 0 Å². The Labute approximate surface area is 124 Å². The zero-order valence-electron chi connectivity index (χ0n) is 11.9. The van der Waals surface area contributed by atoms with Gasteiger partial charge in [0, 0.05) is 18.7 Å². The summed E-state index contributed by atoms with van der Waals surface area (Å²) in [5.41, 5.74) is 3.01. The van der Waals surface area contributed by atoms with Gasteiger partial charge in [0.2, 0.25) is 0 Å². The Morgan fingerprint density at radius 3 is 3.00 bits per heavy atom. The molecule has 0 atom stereocenters. The lowest BCUT2D eigenvalue weighted by atomic mass is 10.1. The number of ether oxygens (including phenoxy) is 1. The molecule has 1 aliphatic heterocycles. The molecular weight excluding hydrogens is 267 g/mol. The van der Waals surface area contributed by atoms with Gasteiger partial charge in [-0.05, 0) is 36.7 Å². The molecule has 1 heterocycles. The highest BCUT2D eigenvalue weighted by Crippen LogP contribution is 2.28. The van der Waals surface area contributed by atoms with Gasteiger partial charge in [0.05, 0.1) is 5.69 Å². The fraction of sp³-hybridized carbons (Fsp3) is 0.294. The van der Waals surface area contributed by atoms with Crippen LogP contribution in [0.4, 0.5) is 10.1 Å². The van der Waals surface area contributed by atoms with Crippen molar-refractivity contribution in [2.45, 2.75) is 13.0 Å². The van der Waals surface area contributed by atoms with E-state index in [0.717, 1.165) is 37.6 Å². The molecule has 110 valence electrons. The summed E-state index contributed by atoms with van der Waals surface area (Å²) in [6, 6.07) is 13.1. The van der Waals surface area contributed by atoms with Gasteiger partial charge in [-0.15, -0.1) is 0 Å². The van der Waals surface area contributed by atoms with Gasteiger partial charge in [-0.2, -0.15) is 0 Å². The number of fused-ring (bicyclic) bond motifs is 1. The van der Waals surface area contributed by atoms with E-state index in [-0.39, 0.29) is 5.82 Å². The summed E-state index contributed by atoms with van der Waals surface area (Å²) >= 11 is 0. The van der Waals surface area contributed by atoms with Gasteiger partial charge >= 0.3 is 0 Å². The number of rotatable bonds is 5. The minimum Gasteiger partial charge on any atom is -0.490 e. The Morgan fingerprint density at radius 2 is 2.10 bits per heavy atom. The first-order chi connectivity index (χ1) is 10.3. The maximum absolute atomic E-state index is 13.5. The lowest BCUT2D eigenvalue weighted by Gasteiger charge is -2.19. The second-order valence-electron chi connectivity index (χ2n) is 5.12. The molecule has 1 aliphatic rings. The topological polar surface area (TPSA) is 33.3 Å². The van der Waals surface area contributed by atoms with Crippen molar-refractivity contribution in [2.24, 2.45) is 0 Å². The van der Waals surface area contributed by atoms with E-state index in [0.29, 0.717) is 12.1 Å². The monoisotopic (exact) mass is 286 g/mol. The predicted octanol–water partition coefficient (Wildman–Crippen LogP) is 2.96. The van der Waals surface area contributed by atoms with Crippen molar-refractivity contribution in [2.75, 3.05) is 25.0 Å². The van der Waals surface area contributed by atoms with Crippen molar-refractivity contribution in [3.63, 3.8) is 0 Å². The summed E-state index contributed by atoms with van der Waals surface area (Å²) < 4.78 is 19.0. The first-order valence-corrected chi connectivity index (χ1v) is 7.26. The molecule has 0 aromatic heterocycles. The number of hydrogen-bond acceptors (Lipinski definition) is 3. The molecule has 0 unspecified atom stereocenters. The third-order valence-corrected chi connectivity index (χ3v) is 3.58. The van der Waals surface area contributed by atoms with Crippen LogP contribution in [0.25, 0.3) is 0 Å². The maximum atomic E-state index is 13.5. The highest BCUT2D eigenvalue weighted by Gasteiger charge is 2.09. The lowest BCUT2D eigenvalue weighted by molar-refractivity contribution is 0.323. The van der Waals surface area contributed by atoms with Crippen molar-refractivity contribution in [3.8, 4) is 5.75 Å². The molecule has 3 nitrogen and oxygen atoms in total. The van der Waals surface area contributed by atoms with Crippen LogP contribution in [-0.2, 0) is 13.0 Å². The van der Waals surface area contributed by atoms with Gasteiger partial charge in [-0.1, -0.05) is 24.3 Å². The van der Waals surface area contributed by atoms with E-state index in [4.69, 9.17) is 4.74 Å². The van der Waals surface area contributed by atoms with Crippen molar-refractivity contribution >= 4 is 5.69 Å². The summed E-state index contributed by atoms with van der Waals surface area (Å²) in [6.45, 7) is 2.94. The standard InChI is InChI=1S/C17H19FN2O/c18-15-4-2-1-3-14(15)12-19-8-7-13-5-6-17-16(11-13)20-9-10-21-17/h1-6,11,19-20H,7-10,12H2. The number of halogens is 1. The molecule has 0 radical (unpaired) electrons. The minimum absolute atomic E-state index is 0.153. The average molecular weight is 286 g/mol. The summed E-state index contributed by atoms with van der Waals surface area (Å²) in [4.78, 5) is 0. The van der Waals surface area contributed by atoms with Gasteiger partial charge < -0.3 is 15.4 Å². The molecule has 4 heteroatoms. The van der Waals surface area contributed by atoms with Crippen LogP contribution >= 0.6 is 0 Å². The molecule has 0 spiro atoms. The zero-order chi connectivity index (χ0) is 14.5. The molecule has 0 saturated carbocycles. The quantitative estimate of drug-likeness (QED) is 0.829. The van der Waals surface area contributed by atoms with Gasteiger partial charge in [0.25, 0.3) is 0 Å². The maximum Gasteiger partial charge on any atom is 0.142 e. The number of nitrogens with one attached hydrogen (secondary N) is 2. The third kappa shape index (κ3) is 3.52. The van der Waals surface area contributed by atoms with Crippen LogP contribution in [0.3, 0.4) is 0 Å². The fourth-order valence-corrected chi connectivity index (χ4v) is 2.44. The van der Waals surface area contributed by atoms with E-state index >= 15 is 0 Å². The van der Waals surface area contributed by atoms with Crippen molar-refractivity contribution in [1.82, 2.24) is 5.32 Å². The van der Waals surface area contributed by atoms with Crippen LogP contribution in [0.2, 0.25) is 0 Å². The molecule has 0 saturated heterocycles. The molecule has 0 bridgehead atoms. The summed E-state index contributed by atoms with van der Waals surface area (Å²) in [6.07, 6.45) is 0.906. The fourth-order valence-electron chi connectivity index (χ4n) is 2.44. The van der Waals surface area contributed by atoms with Crippen molar-refractivity contribution in [1.29, 1.82) is 0 Å². The highest BCUT2D eigenvalue weighted by molar-refractivity contribution is 5.59. The first kappa shape index (κ1) is 13.9. The lowest BCUT2D eigenvalue weighted by Crippen LogP contribution is -2.19. The minimum atomic E-state index is -0.153. The van der Waals surface area contributed by atoms with E-state index in [1.54, 1.807) is 6.07 Å². The summed E-state index contributed by atoms with van der Waals surface area (Å²) in [7, 11) is 0. The molecule has 21 heavy (non-hydrogen) atoms. The van der Waals surface area contributed by atoms with Crippen LogP contribution in [0, 0.1) is 5.82 Å². The number of hydrogen-bond donors (Lipinski definition) is 2. The summed E-state index contributed by atoms with van der Waals surface area (Å²) in [5.74, 6) is 0.768. The highest BCUT2D eigenvalue weighted by atomic mass is 19.1. The molecule has 0 fully saturated rings. The average Bonchev–Trinajstić information content (AvgIpc) is 2.53. The molecule has 0 aliphatic carbocycles. The Kier molecular flexibility index (Phi) is 4.36. The SMILES string of the molecule is Fc1ccccc1CNCCc1ccc2c(c1)NCCO2. The first-order valence-electron chi connectivity index (χ1n) is 7.26. The molecule has 2 aromatic carbocycles. The second-order valence-corrected chi connectivity index (χ2v) is 5.12. The van der Waals surface area contributed by atoms with Gasteiger partial charge in [0.1, 0.15) is 18.2 Å². The smallest absolute Gasteiger partial charge is 0.142 e. The molecule has 0 amide bonds. The van der Waals surface area contributed by atoms with Crippen LogP contribution in [0.15, 0.2) is 42.5 Å². The van der Waals surface area contributed by atoms with E-state index in [1.165, 1.54) is 11.6 Å². The van der Waals surface area contributed by atoms with Gasteiger partial charge in [-0.25, -0.2) is 4.39 Å². The van der Waals surface area contributed by atoms with Crippen molar-refractivity contribution in [3.05, 3.63) is 59.4 Å². The van der Waals surface area contributed by atoms with Crippen LogP contribution in [0.5, 0.6) is 5.75 Å². The van der Waals surface area contributed by atoms with E-state index in [1.807, 2.05) is 18.2 Å². The number of benzene rings is 2. The Balaban J connectivity index is 1.50. The largest absolute Gasteiger partial charge is 0.490 e. The molecule has 2 N–H and O–H groups in total. The number of anilines is 1. The van der Waals surface area contributed by atoms with E-state index in [9.17, 15) is 4.39 Å². The Morgan fingerprint density at radius 1 is 1.19 bits per heavy atom. The normalized spacial score (nSPS) is 13.2. The predicted molar refractivity (Wildman–Crippen MR) is 82.2 cm³/mol. The van der Waals surface area contributed by atoms with Crippen molar-refractivity contribution < 1.29 is 9.13 Å². The molecule has 2 aromatic rings. The van der Waals surface area contributed by atoms with Gasteiger partial charge in [0.15, 0.2) is 0 Å².